The van der Waals surface area contributed by atoms with Gasteiger partial charge in [0.05, 0.1) is 86.5 Å². The number of hydrogen-bond donors (Lipinski definition) is 2. The van der Waals surface area contributed by atoms with E-state index >= 15 is 0 Å². The zero-order chi connectivity index (χ0) is 34.2. The normalized spacial score (nSPS) is 9.26. The molecular formula is C28H10Cl11N6NaO. The van der Waals surface area contributed by atoms with E-state index in [1.165, 1.54) is 6.07 Å². The van der Waals surface area contributed by atoms with E-state index in [1.807, 2.05) is 6.07 Å². The molecule has 4 N–H and O–H groups in total. The summed E-state index contributed by atoms with van der Waals surface area (Å²) in [4.78, 5) is 6.39. The van der Waals surface area contributed by atoms with Crippen LogP contribution in [-0.2, 0) is 0 Å². The molecule has 4 rings (SSSR count). The summed E-state index contributed by atoms with van der Waals surface area (Å²) in [6, 6.07) is 13.3. The largest absolute Gasteiger partial charge is 1.00 e. The van der Waals surface area contributed by atoms with Crippen LogP contribution < -0.4 is 40.6 Å². The average molecular weight is 859 g/mol. The Hall–Kier alpha value is -1.41. The van der Waals surface area contributed by atoms with Crippen molar-refractivity contribution in [2.75, 3.05) is 11.1 Å². The van der Waals surface area contributed by atoms with Crippen LogP contribution in [0.3, 0.4) is 0 Å². The summed E-state index contributed by atoms with van der Waals surface area (Å²) in [6.45, 7) is 14.1. The number of nitrogens with two attached hydrogens (primary N) is 1. The van der Waals surface area contributed by atoms with Crippen molar-refractivity contribution in [2.45, 2.75) is 0 Å². The minimum Gasteiger partial charge on any atom is -0.870 e. The number of nitrogens with zero attached hydrogens (tertiary/aromatic N) is 4. The monoisotopic (exact) mass is 854 g/mol. The van der Waals surface area contributed by atoms with Gasteiger partial charge in [0.15, 0.2) is 0 Å². The average Bonchev–Trinajstić information content (AvgIpc) is 2.99. The minimum atomic E-state index is -0.0699. The van der Waals surface area contributed by atoms with Crippen LogP contribution in [0.4, 0.5) is 28.4 Å². The summed E-state index contributed by atoms with van der Waals surface area (Å²) >= 11 is 64.2. The Morgan fingerprint density at radius 3 is 1.47 bits per heavy atom. The van der Waals surface area contributed by atoms with E-state index in [0.29, 0.717) is 31.5 Å². The molecule has 4 aromatic carbocycles. The van der Waals surface area contributed by atoms with Crippen molar-refractivity contribution < 1.29 is 35.0 Å². The first kappa shape index (κ1) is 45.6. The van der Waals surface area contributed by atoms with E-state index < -0.39 is 0 Å². The first-order valence-electron chi connectivity index (χ1n) is 11.2. The SMILES string of the molecule is Nc1ccc(Cl)cc1Cl.[C-]#[N+]c1c(Cl)c(C#N)c(Cl)c(Cl)c1Nc1ccc(Cl)cc1Cl.[C-]#[N+]c1c(Cl)c(Cl)c(Cl)c(C#N)c1Cl.[Na+].[OH-]. The Bertz CT molecular complexity index is 1940. The van der Waals surface area contributed by atoms with Gasteiger partial charge in [-0.2, -0.15) is 10.5 Å². The molecule has 0 bridgehead atoms. The number of rotatable bonds is 2. The molecule has 0 fully saturated rings. The van der Waals surface area contributed by atoms with Gasteiger partial charge in [-0.15, -0.1) is 0 Å². The molecule has 0 heterocycles. The number of nitrogen functional groups attached to an aromatic ring is 1. The molecule has 0 aliphatic carbocycles. The van der Waals surface area contributed by atoms with Crippen LogP contribution in [0, 0.1) is 35.8 Å². The van der Waals surface area contributed by atoms with Crippen LogP contribution in [0.2, 0.25) is 55.2 Å². The maximum absolute atomic E-state index is 9.06. The van der Waals surface area contributed by atoms with Crippen LogP contribution in [0.1, 0.15) is 11.1 Å². The van der Waals surface area contributed by atoms with Gasteiger partial charge < -0.3 is 16.5 Å². The molecule has 0 atom stereocenters. The second kappa shape index (κ2) is 21.0. The Morgan fingerprint density at radius 1 is 0.596 bits per heavy atom. The molecular weight excluding hydrogens is 849 g/mol. The molecule has 0 amide bonds. The molecule has 0 saturated heterocycles. The summed E-state index contributed by atoms with van der Waals surface area (Å²) < 4.78 is 0. The zero-order valence-corrected chi connectivity index (χ0v) is 33.3. The predicted molar refractivity (Wildman–Crippen MR) is 192 cm³/mol. The van der Waals surface area contributed by atoms with Gasteiger partial charge in [-0.3, -0.25) is 0 Å². The summed E-state index contributed by atoms with van der Waals surface area (Å²) in [5.41, 5.74) is 6.44. The molecule has 0 spiro atoms. The quantitative estimate of drug-likeness (QED) is 0.0683. The number of hydrogen-bond acceptors (Lipinski definition) is 5. The number of nitrogens with one attached hydrogen (secondary N) is 1. The van der Waals surface area contributed by atoms with Gasteiger partial charge in [-0.25, -0.2) is 9.69 Å². The van der Waals surface area contributed by atoms with E-state index in [0.717, 1.165) is 0 Å². The van der Waals surface area contributed by atoms with Crippen LogP contribution in [-0.4, -0.2) is 5.48 Å². The topological polar surface area (TPSA) is 124 Å². The zero-order valence-electron chi connectivity index (χ0n) is 22.9. The summed E-state index contributed by atoms with van der Waals surface area (Å²) in [5, 5.41) is 22.3. The molecule has 19 heteroatoms. The smallest absolute Gasteiger partial charge is 0.870 e. The van der Waals surface area contributed by atoms with E-state index in [-0.39, 0.29) is 98.4 Å². The second-order valence-electron chi connectivity index (χ2n) is 7.88. The Balaban J connectivity index is 0.000000727. The van der Waals surface area contributed by atoms with Crippen LogP contribution >= 0.6 is 128 Å². The molecule has 0 aromatic heterocycles. The summed E-state index contributed by atoms with van der Waals surface area (Å²) in [7, 11) is 0. The van der Waals surface area contributed by atoms with Crippen molar-refractivity contribution in [2.24, 2.45) is 0 Å². The van der Waals surface area contributed by atoms with E-state index in [2.05, 4.69) is 15.0 Å². The fraction of sp³-hybridized carbons (Fsp3) is 0. The third-order valence-corrected chi connectivity index (χ3v) is 9.15. The third kappa shape index (κ3) is 11.3. The fourth-order valence-corrected chi connectivity index (χ4v) is 5.72. The minimum absolute atomic E-state index is 0. The van der Waals surface area contributed by atoms with Gasteiger partial charge in [0, 0.05) is 10.0 Å². The Labute approximate surface area is 346 Å². The van der Waals surface area contributed by atoms with E-state index in [9.17, 15) is 0 Å². The summed E-state index contributed by atoms with van der Waals surface area (Å²) in [5.74, 6) is 0. The van der Waals surface area contributed by atoms with Crippen LogP contribution in [0.15, 0.2) is 36.4 Å². The van der Waals surface area contributed by atoms with E-state index in [4.69, 9.17) is 157 Å². The first-order valence-corrected chi connectivity index (χ1v) is 15.3. The van der Waals surface area contributed by atoms with Crippen LogP contribution in [0.5, 0.6) is 0 Å². The molecule has 236 valence electrons. The predicted octanol–water partition coefficient (Wildman–Crippen LogP) is 11.2. The van der Waals surface area contributed by atoms with Crippen molar-refractivity contribution in [1.29, 1.82) is 10.5 Å². The number of nitriles is 2. The van der Waals surface area contributed by atoms with Crippen LogP contribution in [0.25, 0.3) is 9.69 Å². The second-order valence-corrected chi connectivity index (χ2v) is 12.2. The fourth-order valence-electron chi connectivity index (χ4n) is 3.01. The molecule has 0 aliphatic heterocycles. The van der Waals surface area contributed by atoms with E-state index in [1.54, 1.807) is 36.4 Å². The van der Waals surface area contributed by atoms with Gasteiger partial charge in [0.25, 0.3) is 0 Å². The van der Waals surface area contributed by atoms with Gasteiger partial charge in [-0.1, -0.05) is 128 Å². The van der Waals surface area contributed by atoms with Gasteiger partial charge >= 0.3 is 29.6 Å². The molecule has 4 aromatic rings. The standard InChI is InChI=1S/C14H4Cl5N3.C8Cl4N2.C6H5Cl2N.Na.H2O/c1-21-13-11(18)7(5-20)10(17)12(19)14(13)22-9-3-2-6(15)4-8(9)16;1-14-8-5(10)3(2-13)4(9)6(11)7(8)12;7-4-1-2-6(9)5(8)3-4;;/h2-4,22H;;1-3H,9H2;;1H2/q;;;+1;/p-1. The third-order valence-electron chi connectivity index (χ3n) is 5.14. The van der Waals surface area contributed by atoms with Crippen molar-refractivity contribution >= 4 is 156 Å². The molecule has 47 heavy (non-hydrogen) atoms. The van der Waals surface area contributed by atoms with Crippen molar-refractivity contribution in [3.63, 3.8) is 0 Å². The van der Waals surface area contributed by atoms with Gasteiger partial charge in [0.1, 0.15) is 12.1 Å². The number of anilines is 3. The first-order chi connectivity index (χ1) is 21.1. The number of halogens is 11. The van der Waals surface area contributed by atoms with Crippen molar-refractivity contribution in [3.8, 4) is 12.1 Å². The molecule has 0 radical (unpaired) electrons. The molecule has 0 unspecified atom stereocenters. The van der Waals surface area contributed by atoms with Gasteiger partial charge in [-0.05, 0) is 36.4 Å². The molecule has 0 aliphatic rings. The van der Waals surface area contributed by atoms with Crippen molar-refractivity contribution in [1.82, 2.24) is 0 Å². The van der Waals surface area contributed by atoms with Crippen molar-refractivity contribution in [3.05, 3.63) is 126 Å². The Morgan fingerprint density at radius 2 is 1.04 bits per heavy atom. The number of benzene rings is 4. The summed E-state index contributed by atoms with van der Waals surface area (Å²) in [6.07, 6.45) is 0. The molecule has 7 nitrogen and oxygen atoms in total. The maximum atomic E-state index is 9.06. The Kier molecular flexibility index (Phi) is 20.3. The maximum Gasteiger partial charge on any atom is 1.00 e. The van der Waals surface area contributed by atoms with Gasteiger partial charge in [0.2, 0.25) is 11.4 Å². The molecule has 0 saturated carbocycles.